The van der Waals surface area contributed by atoms with Crippen LogP contribution in [0.2, 0.25) is 0 Å². The van der Waals surface area contributed by atoms with Crippen LogP contribution < -0.4 is 10.5 Å². The molecule has 2 N–H and O–H groups in total. The van der Waals surface area contributed by atoms with Crippen LogP contribution in [0.5, 0.6) is 5.75 Å². The number of ether oxygens (including phenoxy) is 1. The van der Waals surface area contributed by atoms with Gasteiger partial charge in [0.25, 0.3) is 0 Å². The Morgan fingerprint density at radius 2 is 1.70 bits per heavy atom. The average molecular weight is 278 g/mol. The van der Waals surface area contributed by atoms with Gasteiger partial charge in [0.05, 0.1) is 12.5 Å². The molecule has 0 aliphatic heterocycles. The van der Waals surface area contributed by atoms with E-state index in [1.54, 1.807) is 19.1 Å². The minimum Gasteiger partial charge on any atom is -0.497 e. The molecule has 4 heteroatoms. The van der Waals surface area contributed by atoms with Gasteiger partial charge in [-0.1, -0.05) is 12.1 Å². The third kappa shape index (κ3) is 3.51. The molecule has 1 amide bonds. The quantitative estimate of drug-likeness (QED) is 0.900. The predicted molar refractivity (Wildman–Crippen MR) is 81.5 cm³/mol. The first-order chi connectivity index (χ1) is 9.09. The van der Waals surface area contributed by atoms with Crippen LogP contribution in [0.1, 0.15) is 33.3 Å². The molecule has 0 aliphatic rings. The Morgan fingerprint density at radius 3 is 2.10 bits per heavy atom. The normalized spacial score (nSPS) is 12.2. The standard InChI is InChI=1S/C16H26N2O2/c1-15(2,16(3,4)17)14(19)18(5)11-12-7-9-13(20-6)10-8-12/h7-10H,11,17H2,1-6H3. The Balaban J connectivity index is 2.80. The van der Waals surface area contributed by atoms with Crippen LogP contribution >= 0.6 is 0 Å². The summed E-state index contributed by atoms with van der Waals surface area (Å²) in [5.74, 6) is 0.854. The second-order valence-electron chi connectivity index (χ2n) is 6.36. The molecular weight excluding hydrogens is 252 g/mol. The van der Waals surface area contributed by atoms with Gasteiger partial charge in [0.1, 0.15) is 5.75 Å². The zero-order valence-electron chi connectivity index (χ0n) is 13.4. The smallest absolute Gasteiger partial charge is 0.230 e. The predicted octanol–water partition coefficient (Wildman–Crippen LogP) is 2.42. The Morgan fingerprint density at radius 1 is 1.20 bits per heavy atom. The fourth-order valence-corrected chi connectivity index (χ4v) is 1.83. The largest absolute Gasteiger partial charge is 0.497 e. The van der Waals surface area contributed by atoms with Crippen molar-refractivity contribution in [3.63, 3.8) is 0 Å². The van der Waals surface area contributed by atoms with E-state index in [0.717, 1.165) is 11.3 Å². The first-order valence-electron chi connectivity index (χ1n) is 6.77. The van der Waals surface area contributed by atoms with Crippen LogP contribution in [-0.2, 0) is 11.3 Å². The second kappa shape index (κ2) is 5.83. The Labute approximate surface area is 121 Å². The van der Waals surface area contributed by atoms with Gasteiger partial charge in [-0.15, -0.1) is 0 Å². The van der Waals surface area contributed by atoms with Crippen LogP contribution in [0.3, 0.4) is 0 Å². The zero-order chi connectivity index (χ0) is 15.6. The summed E-state index contributed by atoms with van der Waals surface area (Å²) in [5, 5.41) is 0. The summed E-state index contributed by atoms with van der Waals surface area (Å²) in [6.07, 6.45) is 0. The number of nitrogens with zero attached hydrogens (tertiary/aromatic N) is 1. The van der Waals surface area contributed by atoms with Crippen molar-refractivity contribution in [1.29, 1.82) is 0 Å². The van der Waals surface area contributed by atoms with Crippen LogP contribution in [0.4, 0.5) is 0 Å². The van der Waals surface area contributed by atoms with E-state index < -0.39 is 11.0 Å². The van der Waals surface area contributed by atoms with Crippen LogP contribution in [0.15, 0.2) is 24.3 Å². The van der Waals surface area contributed by atoms with Crippen molar-refractivity contribution < 1.29 is 9.53 Å². The molecule has 0 spiro atoms. The molecule has 0 unspecified atom stereocenters. The van der Waals surface area contributed by atoms with E-state index in [-0.39, 0.29) is 5.91 Å². The lowest BCUT2D eigenvalue weighted by Crippen LogP contribution is -2.55. The van der Waals surface area contributed by atoms with E-state index in [0.29, 0.717) is 6.54 Å². The molecule has 1 aromatic carbocycles. The van der Waals surface area contributed by atoms with Crippen molar-refractivity contribution in [2.75, 3.05) is 14.2 Å². The van der Waals surface area contributed by atoms with Crippen molar-refractivity contribution in [3.05, 3.63) is 29.8 Å². The molecule has 0 aliphatic carbocycles. The number of rotatable bonds is 5. The SMILES string of the molecule is COc1ccc(CN(C)C(=O)C(C)(C)C(C)(C)N)cc1. The molecule has 1 aromatic rings. The highest BCUT2D eigenvalue weighted by atomic mass is 16.5. The highest BCUT2D eigenvalue weighted by Crippen LogP contribution is 2.30. The van der Waals surface area contributed by atoms with E-state index >= 15 is 0 Å². The monoisotopic (exact) mass is 278 g/mol. The molecule has 0 heterocycles. The lowest BCUT2D eigenvalue weighted by molar-refractivity contribution is -0.142. The maximum absolute atomic E-state index is 12.6. The van der Waals surface area contributed by atoms with Gasteiger partial charge in [-0.2, -0.15) is 0 Å². The minimum atomic E-state index is -0.617. The van der Waals surface area contributed by atoms with E-state index in [2.05, 4.69) is 0 Å². The third-order valence-electron chi connectivity index (χ3n) is 4.07. The number of hydrogen-bond acceptors (Lipinski definition) is 3. The van der Waals surface area contributed by atoms with Gasteiger partial charge in [0.2, 0.25) is 5.91 Å². The van der Waals surface area contributed by atoms with E-state index in [1.165, 1.54) is 0 Å². The molecule has 0 radical (unpaired) electrons. The maximum atomic E-state index is 12.6. The Kier molecular flexibility index (Phi) is 4.81. The van der Waals surface area contributed by atoms with Gasteiger partial charge in [-0.25, -0.2) is 0 Å². The summed E-state index contributed by atoms with van der Waals surface area (Å²) in [7, 11) is 3.44. The average Bonchev–Trinajstić information content (AvgIpc) is 2.37. The topological polar surface area (TPSA) is 55.6 Å². The number of nitrogens with two attached hydrogens (primary N) is 1. The van der Waals surface area contributed by atoms with E-state index in [4.69, 9.17) is 10.5 Å². The van der Waals surface area contributed by atoms with Crippen molar-refractivity contribution in [2.24, 2.45) is 11.1 Å². The van der Waals surface area contributed by atoms with Crippen LogP contribution in [-0.4, -0.2) is 30.5 Å². The first kappa shape index (κ1) is 16.5. The van der Waals surface area contributed by atoms with Gasteiger partial charge in [0.15, 0.2) is 0 Å². The third-order valence-corrected chi connectivity index (χ3v) is 4.07. The zero-order valence-corrected chi connectivity index (χ0v) is 13.4. The fraction of sp³-hybridized carbons (Fsp3) is 0.562. The number of hydrogen-bond donors (Lipinski definition) is 1. The van der Waals surface area contributed by atoms with Gasteiger partial charge in [-0.3, -0.25) is 4.79 Å². The number of methoxy groups -OCH3 is 1. The summed E-state index contributed by atoms with van der Waals surface area (Å²) in [6.45, 7) is 8.10. The molecule has 112 valence electrons. The minimum absolute atomic E-state index is 0.0424. The highest BCUT2D eigenvalue weighted by molar-refractivity contribution is 5.83. The fourth-order valence-electron chi connectivity index (χ4n) is 1.83. The van der Waals surface area contributed by atoms with Crippen molar-refractivity contribution in [3.8, 4) is 5.75 Å². The summed E-state index contributed by atoms with van der Waals surface area (Å²) in [5.41, 5.74) is 5.99. The number of amides is 1. The lowest BCUT2D eigenvalue weighted by atomic mass is 9.74. The van der Waals surface area contributed by atoms with E-state index in [9.17, 15) is 4.79 Å². The molecule has 0 atom stereocenters. The molecule has 1 rings (SSSR count). The number of carbonyl (C=O) groups excluding carboxylic acids is 1. The molecule has 0 aromatic heterocycles. The first-order valence-corrected chi connectivity index (χ1v) is 6.77. The van der Waals surface area contributed by atoms with Gasteiger partial charge < -0.3 is 15.4 Å². The highest BCUT2D eigenvalue weighted by Gasteiger charge is 2.41. The van der Waals surface area contributed by atoms with Crippen LogP contribution in [0, 0.1) is 5.41 Å². The molecule has 0 saturated heterocycles. The van der Waals surface area contributed by atoms with Crippen molar-refractivity contribution in [1.82, 2.24) is 4.90 Å². The van der Waals surface area contributed by atoms with Crippen molar-refractivity contribution >= 4 is 5.91 Å². The molecule has 4 nitrogen and oxygen atoms in total. The number of benzene rings is 1. The Bertz CT molecular complexity index is 458. The lowest BCUT2D eigenvalue weighted by Gasteiger charge is -2.39. The summed E-state index contributed by atoms with van der Waals surface area (Å²) in [4.78, 5) is 14.3. The number of carbonyl (C=O) groups is 1. The summed E-state index contributed by atoms with van der Waals surface area (Å²) < 4.78 is 5.12. The summed E-state index contributed by atoms with van der Waals surface area (Å²) in [6, 6.07) is 7.71. The van der Waals surface area contributed by atoms with Gasteiger partial charge >= 0.3 is 0 Å². The van der Waals surface area contributed by atoms with Crippen molar-refractivity contribution in [2.45, 2.75) is 39.8 Å². The molecule has 0 saturated carbocycles. The second-order valence-corrected chi connectivity index (χ2v) is 6.36. The molecular formula is C16H26N2O2. The van der Waals surface area contributed by atoms with Gasteiger partial charge in [-0.05, 0) is 45.4 Å². The summed E-state index contributed by atoms with van der Waals surface area (Å²) >= 11 is 0. The van der Waals surface area contributed by atoms with Crippen LogP contribution in [0.25, 0.3) is 0 Å². The van der Waals surface area contributed by atoms with Gasteiger partial charge in [0, 0.05) is 19.1 Å². The maximum Gasteiger partial charge on any atom is 0.230 e. The molecule has 0 bridgehead atoms. The van der Waals surface area contributed by atoms with E-state index in [1.807, 2.05) is 52.0 Å². The Hall–Kier alpha value is -1.55. The molecule has 20 heavy (non-hydrogen) atoms. The molecule has 0 fully saturated rings.